The molecule has 0 spiro atoms. The van der Waals surface area contributed by atoms with Gasteiger partial charge >= 0.3 is 0 Å². The molecule has 2 bridgehead atoms. The van der Waals surface area contributed by atoms with Crippen molar-refractivity contribution in [1.29, 1.82) is 0 Å². The lowest BCUT2D eigenvalue weighted by Crippen LogP contribution is -2.54. The summed E-state index contributed by atoms with van der Waals surface area (Å²) in [5.74, 6) is 9.71. The van der Waals surface area contributed by atoms with Crippen molar-refractivity contribution >= 4 is 22.9 Å². The summed E-state index contributed by atoms with van der Waals surface area (Å²) in [6, 6.07) is 4.82. The van der Waals surface area contributed by atoms with Crippen LogP contribution in [-0.2, 0) is 10.3 Å². The minimum Gasteiger partial charge on any atom is -0.507 e. The third-order valence-corrected chi connectivity index (χ3v) is 6.98. The van der Waals surface area contributed by atoms with E-state index in [2.05, 4.69) is 29.0 Å². The molecule has 0 unspecified atom stereocenters. The molecule has 5 atom stereocenters. The molecule has 0 amide bonds. The molecule has 1 saturated heterocycles. The monoisotopic (exact) mass is 454 g/mol. The summed E-state index contributed by atoms with van der Waals surface area (Å²) in [5.41, 5.74) is 3.58. The topological polar surface area (TPSA) is 145 Å². The molecule has 4 aliphatic rings. The van der Waals surface area contributed by atoms with Gasteiger partial charge in [0.1, 0.15) is 11.8 Å². The summed E-state index contributed by atoms with van der Waals surface area (Å²) in [5, 5.41) is 36.0. The van der Waals surface area contributed by atoms with Gasteiger partial charge in [0.05, 0.1) is 22.9 Å². The molecule has 6 N–H and O–H groups in total. The van der Waals surface area contributed by atoms with Crippen LogP contribution in [0.1, 0.15) is 44.3 Å². The van der Waals surface area contributed by atoms with E-state index >= 15 is 0 Å². The predicted octanol–water partition coefficient (Wildman–Crippen LogP) is 0.826. The van der Waals surface area contributed by atoms with E-state index in [1.165, 1.54) is 43.3 Å². The number of rotatable bonds is 1. The molecule has 6 rings (SSSR count). The van der Waals surface area contributed by atoms with Crippen molar-refractivity contribution in [1.82, 2.24) is 0 Å². The van der Waals surface area contributed by atoms with Gasteiger partial charge in [0.25, 0.3) is 0 Å². The number of nitrogens with one attached hydrogen (secondary N) is 1. The Labute approximate surface area is 194 Å². The molecule has 8 heteroatoms. The highest BCUT2D eigenvalue weighted by Crippen LogP contribution is 2.67. The molecule has 2 aliphatic heterocycles. The van der Waals surface area contributed by atoms with Gasteiger partial charge in [0, 0.05) is 22.4 Å². The second kappa shape index (κ2) is 6.49. The summed E-state index contributed by atoms with van der Waals surface area (Å²) < 4.78 is 6.12. The van der Waals surface area contributed by atoms with Gasteiger partial charge in [0.2, 0.25) is 0 Å². The fourth-order valence-corrected chi connectivity index (χ4v) is 5.46. The molecular weight excluding hydrogens is 436 g/mol. The van der Waals surface area contributed by atoms with Crippen molar-refractivity contribution in [3.8, 4) is 29.4 Å². The van der Waals surface area contributed by atoms with E-state index in [1.54, 1.807) is 0 Å². The molecule has 0 aromatic heterocycles. The Morgan fingerprint density at radius 2 is 1.79 bits per heavy atom. The number of anilines is 2. The zero-order chi connectivity index (χ0) is 24.0. The van der Waals surface area contributed by atoms with E-state index in [1.807, 2.05) is 0 Å². The second-order valence-corrected chi connectivity index (χ2v) is 8.73. The fourth-order valence-electron chi connectivity index (χ4n) is 5.46. The first-order valence-electron chi connectivity index (χ1n) is 10.6. The molecule has 2 aliphatic carbocycles. The van der Waals surface area contributed by atoms with Crippen LogP contribution in [0.3, 0.4) is 0 Å². The minimum absolute atomic E-state index is 0.0501. The number of epoxide rings is 1. The highest BCUT2D eigenvalue weighted by atomic mass is 16.7. The lowest BCUT2D eigenvalue weighted by molar-refractivity contribution is 0.0867. The van der Waals surface area contributed by atoms with Crippen molar-refractivity contribution in [3.05, 3.63) is 64.2 Å². The Hall–Kier alpha value is -4.08. The van der Waals surface area contributed by atoms with Crippen LogP contribution in [0.4, 0.5) is 11.4 Å². The summed E-state index contributed by atoms with van der Waals surface area (Å²) in [6.45, 7) is 1.51. The average Bonchev–Trinajstić information content (AvgIpc) is 3.53. The molecule has 2 aromatic carbocycles. The van der Waals surface area contributed by atoms with E-state index in [9.17, 15) is 24.9 Å². The number of carbonyl (C=O) groups excluding carboxylic acids is 2. The number of allylic oxidation sites excluding steroid dienone is 2. The molecular formula is C26H18N2O6. The Balaban J connectivity index is 1.68. The van der Waals surface area contributed by atoms with Gasteiger partial charge in [-0.15, -0.1) is 0 Å². The van der Waals surface area contributed by atoms with Crippen molar-refractivity contribution in [2.75, 3.05) is 11.1 Å². The van der Waals surface area contributed by atoms with Gasteiger partial charge in [-0.05, 0) is 43.3 Å². The van der Waals surface area contributed by atoms with Gasteiger partial charge in [-0.1, -0.05) is 23.7 Å². The number of nitrogen functional groups attached to an aromatic ring is 1. The standard InChI is InChI=1S/C26H18N2O6/c1-12(29)25-18-6-4-2-3-5-7-19(31)26(25,34-25)16-11-17(30)20-21(22(16)28-18)23(32)14-9-8-13(27)10-15(14)24(20)33/h2-3,8-12,18-19,28-31H,27H2,1H3/t12-,18+,19-,25+,26+/m1/s1. The molecule has 8 nitrogen and oxygen atoms in total. The highest BCUT2D eigenvalue weighted by Gasteiger charge is 2.82. The number of benzene rings is 2. The molecule has 0 radical (unpaired) electrons. The summed E-state index contributed by atoms with van der Waals surface area (Å²) in [4.78, 5) is 27.0. The van der Waals surface area contributed by atoms with Crippen LogP contribution in [-0.4, -0.2) is 50.7 Å². The average molecular weight is 454 g/mol. The Kier molecular flexibility index (Phi) is 3.92. The van der Waals surface area contributed by atoms with E-state index < -0.39 is 46.8 Å². The maximum absolute atomic E-state index is 13.6. The second-order valence-electron chi connectivity index (χ2n) is 8.73. The fraction of sp³-hybridized carbons (Fsp3) is 0.231. The van der Waals surface area contributed by atoms with Crippen molar-refractivity contribution < 1.29 is 29.6 Å². The predicted molar refractivity (Wildman–Crippen MR) is 121 cm³/mol. The summed E-state index contributed by atoms with van der Waals surface area (Å²) >= 11 is 0. The molecule has 1 fully saturated rings. The molecule has 2 aromatic rings. The number of hydrogen-bond acceptors (Lipinski definition) is 8. The first kappa shape index (κ1) is 20.5. The number of ketones is 2. The van der Waals surface area contributed by atoms with E-state index in [4.69, 9.17) is 10.5 Å². The van der Waals surface area contributed by atoms with Crippen LogP contribution >= 0.6 is 0 Å². The lowest BCUT2D eigenvalue weighted by Gasteiger charge is -2.37. The number of phenolic OH excluding ortho intramolecular Hbond substituents is 1. The van der Waals surface area contributed by atoms with Crippen molar-refractivity contribution in [2.45, 2.75) is 36.4 Å². The van der Waals surface area contributed by atoms with Gasteiger partial charge in [-0.2, -0.15) is 0 Å². The van der Waals surface area contributed by atoms with Gasteiger partial charge in [0.15, 0.2) is 28.9 Å². The van der Waals surface area contributed by atoms with Crippen LogP contribution in [0.5, 0.6) is 5.75 Å². The third-order valence-electron chi connectivity index (χ3n) is 6.98. The maximum atomic E-state index is 13.6. The summed E-state index contributed by atoms with van der Waals surface area (Å²) in [6.07, 6.45) is 0.459. The third kappa shape index (κ3) is 2.25. The van der Waals surface area contributed by atoms with Crippen LogP contribution in [0, 0.1) is 23.7 Å². The lowest BCUT2D eigenvalue weighted by atomic mass is 9.69. The molecule has 2 heterocycles. The molecule has 0 saturated carbocycles. The largest absolute Gasteiger partial charge is 0.507 e. The number of fused-ring (bicyclic) bond motifs is 4. The van der Waals surface area contributed by atoms with Crippen molar-refractivity contribution in [2.24, 2.45) is 0 Å². The van der Waals surface area contributed by atoms with E-state index in [0.717, 1.165) is 0 Å². The SMILES string of the molecule is C[C@@H](O)[C@@]12O[C@]13c1cc(O)c4c(c1N[C@H]2C#CC=CC#C[C@H]3O)C(=O)c1ccc(N)cc1C4=O. The normalized spacial score (nSPS) is 30.1. The maximum Gasteiger partial charge on any atom is 0.198 e. The number of hydrogen-bond donors (Lipinski definition) is 5. The smallest absolute Gasteiger partial charge is 0.198 e. The van der Waals surface area contributed by atoms with Gasteiger partial charge in [-0.25, -0.2) is 0 Å². The van der Waals surface area contributed by atoms with Crippen LogP contribution in [0.2, 0.25) is 0 Å². The number of aliphatic hydroxyl groups excluding tert-OH is 2. The Morgan fingerprint density at radius 1 is 1.09 bits per heavy atom. The highest BCUT2D eigenvalue weighted by molar-refractivity contribution is 6.31. The van der Waals surface area contributed by atoms with Crippen LogP contribution < -0.4 is 11.1 Å². The number of nitrogens with two attached hydrogens (primary N) is 1. The van der Waals surface area contributed by atoms with E-state index in [-0.39, 0.29) is 33.5 Å². The first-order chi connectivity index (χ1) is 16.2. The number of aromatic hydroxyl groups is 1. The zero-order valence-electron chi connectivity index (χ0n) is 17.8. The van der Waals surface area contributed by atoms with Crippen LogP contribution in [0.25, 0.3) is 0 Å². The number of ether oxygens (including phenoxy) is 1. The zero-order valence-corrected chi connectivity index (χ0v) is 17.8. The minimum atomic E-state index is -1.59. The Bertz CT molecular complexity index is 1500. The van der Waals surface area contributed by atoms with Crippen LogP contribution in [0.15, 0.2) is 36.4 Å². The number of carbonyl (C=O) groups is 2. The first-order valence-corrected chi connectivity index (χ1v) is 10.6. The van der Waals surface area contributed by atoms with E-state index in [0.29, 0.717) is 5.69 Å². The Morgan fingerprint density at radius 3 is 2.53 bits per heavy atom. The van der Waals surface area contributed by atoms with Crippen molar-refractivity contribution in [3.63, 3.8) is 0 Å². The molecule has 168 valence electrons. The number of aliphatic hydroxyl groups is 2. The molecule has 34 heavy (non-hydrogen) atoms. The summed E-state index contributed by atoms with van der Waals surface area (Å²) in [7, 11) is 0. The van der Waals surface area contributed by atoms with Gasteiger partial charge in [-0.3, -0.25) is 9.59 Å². The number of phenols is 1. The quantitative estimate of drug-likeness (QED) is 0.157. The van der Waals surface area contributed by atoms with Gasteiger partial charge < -0.3 is 31.1 Å².